The molecule has 3 heteroatoms. The van der Waals surface area contributed by atoms with Crippen LogP contribution in [0.2, 0.25) is 0 Å². The van der Waals surface area contributed by atoms with Gasteiger partial charge in [0.2, 0.25) is 0 Å². The molecular formula is C16H16BrNO. The lowest BCUT2D eigenvalue weighted by Crippen LogP contribution is -2.18. The van der Waals surface area contributed by atoms with Crippen LogP contribution in [0.5, 0.6) is 0 Å². The van der Waals surface area contributed by atoms with E-state index in [1.807, 2.05) is 25.2 Å². The summed E-state index contributed by atoms with van der Waals surface area (Å²) in [5, 5.41) is 0. The van der Waals surface area contributed by atoms with Crippen LogP contribution in [0.1, 0.15) is 21.5 Å². The van der Waals surface area contributed by atoms with E-state index < -0.39 is 0 Å². The van der Waals surface area contributed by atoms with Gasteiger partial charge in [-0.2, -0.15) is 0 Å². The normalized spacial score (nSPS) is 10.3. The first-order valence-electron chi connectivity index (χ1n) is 6.11. The molecule has 2 nitrogen and oxygen atoms in total. The Hall–Kier alpha value is -1.61. The van der Waals surface area contributed by atoms with Crippen molar-refractivity contribution in [3.63, 3.8) is 0 Å². The number of nitrogens with zero attached hydrogens (tertiary/aromatic N) is 1. The largest absolute Gasteiger partial charge is 0.370 e. The Balaban J connectivity index is 2.24. The van der Waals surface area contributed by atoms with Crippen LogP contribution in [0.4, 0.5) is 5.69 Å². The first-order valence-corrected chi connectivity index (χ1v) is 6.91. The highest BCUT2D eigenvalue weighted by Crippen LogP contribution is 2.24. The summed E-state index contributed by atoms with van der Waals surface area (Å²) in [5.74, 6) is 0. The van der Waals surface area contributed by atoms with E-state index in [1.54, 1.807) is 0 Å². The molecule has 0 radical (unpaired) electrons. The van der Waals surface area contributed by atoms with Crippen molar-refractivity contribution in [3.8, 4) is 0 Å². The van der Waals surface area contributed by atoms with Gasteiger partial charge in [0.1, 0.15) is 0 Å². The van der Waals surface area contributed by atoms with Gasteiger partial charge in [0.05, 0.1) is 0 Å². The van der Waals surface area contributed by atoms with Crippen LogP contribution >= 0.6 is 15.9 Å². The van der Waals surface area contributed by atoms with Gasteiger partial charge in [-0.25, -0.2) is 0 Å². The summed E-state index contributed by atoms with van der Waals surface area (Å²) in [6.07, 6.45) is 0.896. The second-order valence-electron chi connectivity index (χ2n) is 4.66. The molecule has 98 valence electrons. The minimum absolute atomic E-state index is 0.706. The lowest BCUT2D eigenvalue weighted by atomic mass is 10.1. The predicted molar refractivity (Wildman–Crippen MR) is 82.8 cm³/mol. The Bertz CT molecular complexity index is 578. The molecule has 0 aliphatic rings. The van der Waals surface area contributed by atoms with Gasteiger partial charge in [0.15, 0.2) is 6.29 Å². The minimum Gasteiger partial charge on any atom is -0.370 e. The molecule has 0 unspecified atom stereocenters. The number of hydrogen-bond donors (Lipinski definition) is 0. The van der Waals surface area contributed by atoms with Crippen LogP contribution in [0.15, 0.2) is 46.9 Å². The van der Waals surface area contributed by atoms with E-state index in [0.717, 1.165) is 23.0 Å². The zero-order valence-electron chi connectivity index (χ0n) is 11.1. The van der Waals surface area contributed by atoms with Gasteiger partial charge in [-0.15, -0.1) is 0 Å². The quantitative estimate of drug-likeness (QED) is 0.787. The molecule has 0 N–H and O–H groups in total. The average Bonchev–Trinajstić information content (AvgIpc) is 2.41. The number of anilines is 1. The molecule has 0 atom stereocenters. The van der Waals surface area contributed by atoms with Gasteiger partial charge in [0, 0.05) is 29.3 Å². The SMILES string of the molecule is Cc1ccc(CN(C)c2cc(Br)ccc2C=O)cc1. The minimum atomic E-state index is 0.706. The molecule has 2 aromatic carbocycles. The molecule has 0 aromatic heterocycles. The zero-order chi connectivity index (χ0) is 13.8. The van der Waals surface area contributed by atoms with Gasteiger partial charge in [-0.05, 0) is 30.7 Å². The summed E-state index contributed by atoms with van der Waals surface area (Å²) < 4.78 is 0.976. The lowest BCUT2D eigenvalue weighted by molar-refractivity contribution is 0.112. The Morgan fingerprint density at radius 1 is 1.16 bits per heavy atom. The first-order chi connectivity index (χ1) is 9.10. The predicted octanol–water partition coefficient (Wildman–Crippen LogP) is 4.21. The Kier molecular flexibility index (Phi) is 4.38. The van der Waals surface area contributed by atoms with E-state index in [0.29, 0.717) is 5.56 Å². The molecule has 0 aliphatic carbocycles. The third kappa shape index (κ3) is 3.44. The number of halogens is 1. The summed E-state index contributed by atoms with van der Waals surface area (Å²) >= 11 is 3.45. The number of benzene rings is 2. The van der Waals surface area contributed by atoms with Crippen molar-refractivity contribution in [2.45, 2.75) is 13.5 Å². The van der Waals surface area contributed by atoms with Crippen LogP contribution in [0, 0.1) is 6.92 Å². The monoisotopic (exact) mass is 317 g/mol. The molecular weight excluding hydrogens is 302 g/mol. The van der Waals surface area contributed by atoms with Crippen LogP contribution < -0.4 is 4.90 Å². The highest BCUT2D eigenvalue weighted by Gasteiger charge is 2.08. The van der Waals surface area contributed by atoms with E-state index >= 15 is 0 Å². The molecule has 19 heavy (non-hydrogen) atoms. The fourth-order valence-corrected chi connectivity index (χ4v) is 2.35. The smallest absolute Gasteiger partial charge is 0.152 e. The summed E-state index contributed by atoms with van der Waals surface area (Å²) in [7, 11) is 1.99. The van der Waals surface area contributed by atoms with Gasteiger partial charge in [0.25, 0.3) is 0 Å². The first kappa shape index (κ1) is 13.8. The average molecular weight is 318 g/mol. The topological polar surface area (TPSA) is 20.3 Å². The van der Waals surface area contributed by atoms with Crippen LogP contribution in [-0.4, -0.2) is 13.3 Å². The fourth-order valence-electron chi connectivity index (χ4n) is 2.00. The van der Waals surface area contributed by atoms with Crippen LogP contribution in [0.25, 0.3) is 0 Å². The summed E-state index contributed by atoms with van der Waals surface area (Å²) in [6.45, 7) is 2.85. The Morgan fingerprint density at radius 2 is 1.84 bits per heavy atom. The van der Waals surface area contributed by atoms with Gasteiger partial charge in [-0.3, -0.25) is 4.79 Å². The number of hydrogen-bond acceptors (Lipinski definition) is 2. The van der Waals surface area contributed by atoms with Crippen molar-refractivity contribution in [2.75, 3.05) is 11.9 Å². The molecule has 2 rings (SSSR count). The molecule has 0 aliphatic heterocycles. The molecule has 0 heterocycles. The third-order valence-corrected chi connectivity index (χ3v) is 3.56. The third-order valence-electron chi connectivity index (χ3n) is 3.07. The molecule has 0 saturated carbocycles. The Morgan fingerprint density at radius 3 is 2.47 bits per heavy atom. The summed E-state index contributed by atoms with van der Waals surface area (Å²) in [5.41, 5.74) is 4.12. The van der Waals surface area contributed by atoms with E-state index in [9.17, 15) is 4.79 Å². The zero-order valence-corrected chi connectivity index (χ0v) is 12.6. The number of aryl methyl sites for hydroxylation is 1. The van der Waals surface area contributed by atoms with Gasteiger partial charge >= 0.3 is 0 Å². The van der Waals surface area contributed by atoms with Crippen molar-refractivity contribution in [3.05, 3.63) is 63.6 Å². The van der Waals surface area contributed by atoms with Crippen molar-refractivity contribution < 1.29 is 4.79 Å². The van der Waals surface area contributed by atoms with E-state index in [2.05, 4.69) is 52.0 Å². The Labute approximate surface area is 122 Å². The van der Waals surface area contributed by atoms with E-state index in [-0.39, 0.29) is 0 Å². The maximum atomic E-state index is 11.1. The van der Waals surface area contributed by atoms with Crippen molar-refractivity contribution >= 4 is 27.9 Å². The number of aldehydes is 1. The maximum absolute atomic E-state index is 11.1. The fraction of sp³-hybridized carbons (Fsp3) is 0.188. The molecule has 0 amide bonds. The van der Waals surface area contributed by atoms with Gasteiger partial charge in [-0.1, -0.05) is 45.8 Å². The lowest BCUT2D eigenvalue weighted by Gasteiger charge is -2.21. The highest BCUT2D eigenvalue weighted by molar-refractivity contribution is 9.10. The number of carbonyl (C=O) groups excluding carboxylic acids is 1. The molecule has 2 aromatic rings. The summed E-state index contributed by atoms with van der Waals surface area (Å²) in [6, 6.07) is 14.1. The molecule has 0 saturated heterocycles. The van der Waals surface area contributed by atoms with E-state index in [4.69, 9.17) is 0 Å². The van der Waals surface area contributed by atoms with E-state index in [1.165, 1.54) is 11.1 Å². The molecule has 0 bridgehead atoms. The van der Waals surface area contributed by atoms with Crippen molar-refractivity contribution in [1.82, 2.24) is 0 Å². The second-order valence-corrected chi connectivity index (χ2v) is 5.58. The maximum Gasteiger partial charge on any atom is 0.152 e. The standard InChI is InChI=1S/C16H16BrNO/c1-12-3-5-13(6-4-12)10-18(2)16-9-15(17)8-7-14(16)11-19/h3-9,11H,10H2,1-2H3. The summed E-state index contributed by atoms with van der Waals surface area (Å²) in [4.78, 5) is 13.2. The van der Waals surface area contributed by atoms with Crippen molar-refractivity contribution in [1.29, 1.82) is 0 Å². The molecule has 0 spiro atoms. The van der Waals surface area contributed by atoms with Crippen molar-refractivity contribution in [2.24, 2.45) is 0 Å². The van der Waals surface area contributed by atoms with Crippen LogP contribution in [0.3, 0.4) is 0 Å². The second kappa shape index (κ2) is 6.02. The highest BCUT2D eigenvalue weighted by atomic mass is 79.9. The van der Waals surface area contributed by atoms with Gasteiger partial charge < -0.3 is 4.90 Å². The molecule has 0 fully saturated rings. The van der Waals surface area contributed by atoms with Crippen LogP contribution in [-0.2, 0) is 6.54 Å². The number of carbonyl (C=O) groups is 1. The number of rotatable bonds is 4.